The first-order chi connectivity index (χ1) is 26.8. The number of rotatable bonds is 3. The first-order valence-corrected chi connectivity index (χ1v) is 18.9. The van der Waals surface area contributed by atoms with Crippen LogP contribution in [0.3, 0.4) is 0 Å². The van der Waals surface area contributed by atoms with Gasteiger partial charge in [0.1, 0.15) is 0 Å². The standard InChI is InChI=1S/C53H33N/c1-3-16-37(17-4-1)54(38-18-5-2-6-19-38)39-29-31-48-45(33-39)41-21-8-7-20-40(41)42-22-9-11-24-46(42)53(48)47-25-12-10-23-43(47)52-44-30-28-35-15-13-14-34-26-27-36(32-49(52)53)51(44)50(34)35/h1-33H. The molecular weight excluding hydrogens is 651 g/mol. The Hall–Kier alpha value is -6.96. The number of benzene rings is 10. The molecule has 10 aromatic carbocycles. The summed E-state index contributed by atoms with van der Waals surface area (Å²) in [5.41, 5.74) is 15.9. The third-order valence-electron chi connectivity index (χ3n) is 12.2. The van der Waals surface area contributed by atoms with Gasteiger partial charge in [0.05, 0.1) is 5.41 Å². The molecule has 54 heavy (non-hydrogen) atoms. The van der Waals surface area contributed by atoms with Gasteiger partial charge >= 0.3 is 0 Å². The Kier molecular flexibility index (Phi) is 6.04. The van der Waals surface area contributed by atoms with E-state index in [4.69, 9.17) is 0 Å². The summed E-state index contributed by atoms with van der Waals surface area (Å²) in [7, 11) is 0. The second-order valence-electron chi connectivity index (χ2n) is 14.8. The highest BCUT2D eigenvalue weighted by atomic mass is 15.1. The van der Waals surface area contributed by atoms with Gasteiger partial charge in [0.2, 0.25) is 0 Å². The summed E-state index contributed by atoms with van der Waals surface area (Å²) < 4.78 is 0. The summed E-state index contributed by atoms with van der Waals surface area (Å²) in [6.45, 7) is 0. The minimum Gasteiger partial charge on any atom is -0.310 e. The number of hydrogen-bond acceptors (Lipinski definition) is 1. The largest absolute Gasteiger partial charge is 0.310 e. The Morgan fingerprint density at radius 3 is 1.54 bits per heavy atom. The van der Waals surface area contributed by atoms with Crippen LogP contribution in [0.4, 0.5) is 17.1 Å². The molecule has 0 amide bonds. The maximum Gasteiger partial charge on any atom is 0.0726 e. The van der Waals surface area contributed by atoms with Gasteiger partial charge < -0.3 is 4.90 Å². The van der Waals surface area contributed by atoms with Crippen molar-refractivity contribution in [2.45, 2.75) is 5.41 Å². The number of nitrogens with zero attached hydrogens (tertiary/aromatic N) is 1. The van der Waals surface area contributed by atoms with Crippen LogP contribution in [-0.4, -0.2) is 0 Å². The molecule has 1 unspecified atom stereocenters. The molecule has 0 fully saturated rings. The molecule has 1 atom stereocenters. The first kappa shape index (κ1) is 29.6. The summed E-state index contributed by atoms with van der Waals surface area (Å²) in [5.74, 6) is 0. The van der Waals surface area contributed by atoms with E-state index >= 15 is 0 Å². The Morgan fingerprint density at radius 2 is 0.833 bits per heavy atom. The molecule has 12 rings (SSSR count). The summed E-state index contributed by atoms with van der Waals surface area (Å²) >= 11 is 0. The zero-order chi connectivity index (χ0) is 35.4. The molecule has 0 aliphatic heterocycles. The fourth-order valence-corrected chi connectivity index (χ4v) is 10.1. The van der Waals surface area contributed by atoms with Gasteiger partial charge in [-0.1, -0.05) is 158 Å². The predicted molar refractivity (Wildman–Crippen MR) is 227 cm³/mol. The number of para-hydroxylation sites is 2. The van der Waals surface area contributed by atoms with Crippen molar-refractivity contribution in [1.82, 2.24) is 0 Å². The molecule has 10 aromatic rings. The van der Waals surface area contributed by atoms with Crippen molar-refractivity contribution < 1.29 is 0 Å². The fraction of sp³-hybridized carbons (Fsp3) is 0.0189. The average molecular weight is 684 g/mol. The van der Waals surface area contributed by atoms with E-state index in [2.05, 4.69) is 205 Å². The highest BCUT2D eigenvalue weighted by Crippen LogP contribution is 2.63. The van der Waals surface area contributed by atoms with Crippen molar-refractivity contribution >= 4 is 49.4 Å². The van der Waals surface area contributed by atoms with Gasteiger partial charge in [-0.15, -0.1) is 0 Å². The lowest BCUT2D eigenvalue weighted by molar-refractivity contribution is 0.777. The number of hydrogen-bond donors (Lipinski definition) is 0. The van der Waals surface area contributed by atoms with Crippen molar-refractivity contribution in [3.05, 3.63) is 222 Å². The van der Waals surface area contributed by atoms with Gasteiger partial charge in [0.15, 0.2) is 0 Å². The molecule has 1 spiro atoms. The lowest BCUT2D eigenvalue weighted by Gasteiger charge is -2.36. The molecule has 1 nitrogen and oxygen atoms in total. The SMILES string of the molecule is c1ccc(N(c2ccccc2)c2ccc3c(c2)-c2ccccc2-c2ccccc2C32c3ccccc3-c3c2cc2ccc4cccc5ccc3c2c45)cc1. The van der Waals surface area contributed by atoms with Gasteiger partial charge in [0.25, 0.3) is 0 Å². The molecule has 1 heteroatoms. The molecule has 0 saturated carbocycles. The lowest BCUT2D eigenvalue weighted by atomic mass is 9.65. The molecule has 2 aliphatic carbocycles. The van der Waals surface area contributed by atoms with Crippen LogP contribution in [-0.2, 0) is 5.41 Å². The maximum absolute atomic E-state index is 2.54. The molecule has 250 valence electrons. The highest BCUT2D eigenvalue weighted by Gasteiger charge is 2.50. The third kappa shape index (κ3) is 3.83. The third-order valence-corrected chi connectivity index (χ3v) is 12.2. The van der Waals surface area contributed by atoms with Gasteiger partial charge in [-0.3, -0.25) is 0 Å². The summed E-state index contributed by atoms with van der Waals surface area (Å²) in [6, 6.07) is 74.8. The van der Waals surface area contributed by atoms with Crippen molar-refractivity contribution in [2.75, 3.05) is 4.90 Å². The van der Waals surface area contributed by atoms with Crippen LogP contribution in [0.2, 0.25) is 0 Å². The van der Waals surface area contributed by atoms with E-state index in [1.807, 2.05) is 0 Å². The number of fused-ring (bicyclic) bond motifs is 13. The van der Waals surface area contributed by atoms with Crippen molar-refractivity contribution in [2.24, 2.45) is 0 Å². The zero-order valence-electron chi connectivity index (χ0n) is 29.5. The van der Waals surface area contributed by atoms with Crippen LogP contribution in [0, 0.1) is 0 Å². The van der Waals surface area contributed by atoms with Crippen LogP contribution in [0.1, 0.15) is 22.3 Å². The Balaban J connectivity index is 1.25. The van der Waals surface area contributed by atoms with Crippen LogP contribution in [0.5, 0.6) is 0 Å². The van der Waals surface area contributed by atoms with Crippen LogP contribution in [0.25, 0.3) is 65.7 Å². The van der Waals surface area contributed by atoms with E-state index in [0.717, 1.165) is 17.1 Å². The minimum absolute atomic E-state index is 0.565. The molecule has 0 saturated heterocycles. The molecule has 0 aromatic heterocycles. The summed E-state index contributed by atoms with van der Waals surface area (Å²) in [6.07, 6.45) is 0. The summed E-state index contributed by atoms with van der Waals surface area (Å²) in [5, 5.41) is 7.92. The van der Waals surface area contributed by atoms with E-state index in [0.29, 0.717) is 0 Å². The molecule has 0 N–H and O–H groups in total. The van der Waals surface area contributed by atoms with E-state index in [-0.39, 0.29) is 0 Å². The van der Waals surface area contributed by atoms with Gasteiger partial charge in [-0.2, -0.15) is 0 Å². The van der Waals surface area contributed by atoms with Gasteiger partial charge in [0, 0.05) is 17.1 Å². The Bertz CT molecular complexity index is 3050. The molecule has 0 radical (unpaired) electrons. The smallest absolute Gasteiger partial charge is 0.0726 e. The second kappa shape index (κ2) is 11.0. The number of anilines is 3. The minimum atomic E-state index is -0.565. The van der Waals surface area contributed by atoms with Gasteiger partial charge in [-0.25, -0.2) is 0 Å². The lowest BCUT2D eigenvalue weighted by Crippen LogP contribution is -2.29. The maximum atomic E-state index is 2.54. The molecule has 2 aliphatic rings. The molecule has 0 bridgehead atoms. The quantitative estimate of drug-likeness (QED) is 0.168. The van der Waals surface area contributed by atoms with E-state index < -0.39 is 5.41 Å². The average Bonchev–Trinajstić information content (AvgIpc) is 3.48. The zero-order valence-corrected chi connectivity index (χ0v) is 29.5. The fourth-order valence-electron chi connectivity index (χ4n) is 10.1. The monoisotopic (exact) mass is 683 g/mol. The van der Waals surface area contributed by atoms with Crippen molar-refractivity contribution in [1.29, 1.82) is 0 Å². The topological polar surface area (TPSA) is 3.24 Å². The molecular formula is C53H33N. The van der Waals surface area contributed by atoms with E-state index in [9.17, 15) is 0 Å². The van der Waals surface area contributed by atoms with E-state index in [1.54, 1.807) is 0 Å². The predicted octanol–water partition coefficient (Wildman–Crippen LogP) is 14.1. The Labute approximate surface area is 314 Å². The molecule has 0 heterocycles. The van der Waals surface area contributed by atoms with Crippen molar-refractivity contribution in [3.63, 3.8) is 0 Å². The highest BCUT2D eigenvalue weighted by molar-refractivity contribution is 6.27. The van der Waals surface area contributed by atoms with Gasteiger partial charge in [-0.05, 0) is 130 Å². The second-order valence-corrected chi connectivity index (χ2v) is 14.8. The normalized spacial score (nSPS) is 15.1. The van der Waals surface area contributed by atoms with Crippen LogP contribution in [0.15, 0.2) is 200 Å². The first-order valence-electron chi connectivity index (χ1n) is 18.9. The van der Waals surface area contributed by atoms with Crippen LogP contribution < -0.4 is 4.90 Å². The summed E-state index contributed by atoms with van der Waals surface area (Å²) in [4.78, 5) is 2.38. The van der Waals surface area contributed by atoms with E-state index in [1.165, 1.54) is 88.0 Å². The van der Waals surface area contributed by atoms with Crippen LogP contribution >= 0.6 is 0 Å². The van der Waals surface area contributed by atoms with Crippen molar-refractivity contribution in [3.8, 4) is 33.4 Å². The Morgan fingerprint density at radius 1 is 0.296 bits per heavy atom.